The Morgan fingerprint density at radius 3 is 2.69 bits per heavy atom. The van der Waals surface area contributed by atoms with E-state index in [9.17, 15) is 20.1 Å². The van der Waals surface area contributed by atoms with Crippen molar-refractivity contribution in [3.63, 3.8) is 0 Å². The molecule has 0 radical (unpaired) electrons. The van der Waals surface area contributed by atoms with E-state index in [0.29, 0.717) is 23.3 Å². The summed E-state index contributed by atoms with van der Waals surface area (Å²) >= 11 is 0. The molecule has 3 N–H and O–H groups in total. The van der Waals surface area contributed by atoms with E-state index in [1.807, 2.05) is 12.1 Å². The Morgan fingerprint density at radius 2 is 1.93 bits per heavy atom. The molecule has 156 valence electrons. The van der Waals surface area contributed by atoms with Crippen molar-refractivity contribution in [2.24, 2.45) is 23.7 Å². The smallest absolute Gasteiger partial charge is 0.335 e. The third-order valence-electron chi connectivity index (χ3n) is 7.28. The van der Waals surface area contributed by atoms with Gasteiger partial charge in [0.25, 0.3) is 0 Å². The van der Waals surface area contributed by atoms with Crippen LogP contribution in [0.15, 0.2) is 42.0 Å². The first-order chi connectivity index (χ1) is 14.0. The van der Waals surface area contributed by atoms with Crippen molar-refractivity contribution in [1.82, 2.24) is 0 Å². The molecule has 3 saturated carbocycles. The van der Waals surface area contributed by atoms with E-state index in [0.717, 1.165) is 37.7 Å². The summed E-state index contributed by atoms with van der Waals surface area (Å²) in [6.07, 6.45) is 14.1. The van der Waals surface area contributed by atoms with Crippen molar-refractivity contribution in [1.29, 1.82) is 0 Å². The highest BCUT2D eigenvalue weighted by atomic mass is 16.4. The molecule has 4 rings (SSSR count). The summed E-state index contributed by atoms with van der Waals surface area (Å²) in [6, 6.07) is 7.06. The number of aromatic carboxylic acids is 1. The van der Waals surface area contributed by atoms with Crippen LogP contribution in [0, 0.1) is 23.7 Å². The Bertz CT molecular complexity index is 790. The van der Waals surface area contributed by atoms with Gasteiger partial charge in [-0.05, 0) is 67.6 Å². The number of rotatable bonds is 5. The van der Waals surface area contributed by atoms with E-state index in [1.165, 1.54) is 24.8 Å². The highest BCUT2D eigenvalue weighted by Crippen LogP contribution is 2.50. The van der Waals surface area contributed by atoms with Gasteiger partial charge >= 0.3 is 5.97 Å². The maximum Gasteiger partial charge on any atom is 0.335 e. The summed E-state index contributed by atoms with van der Waals surface area (Å²) in [4.78, 5) is 11.2. The fraction of sp³-hybridized carbons (Fsp3) is 0.560. The van der Waals surface area contributed by atoms with E-state index in [-0.39, 0.29) is 12.0 Å². The topological polar surface area (TPSA) is 77.8 Å². The van der Waals surface area contributed by atoms with Crippen LogP contribution in [0.1, 0.15) is 67.3 Å². The molecule has 3 aliphatic carbocycles. The third kappa shape index (κ3) is 4.65. The van der Waals surface area contributed by atoms with Crippen LogP contribution in [-0.2, 0) is 0 Å². The number of carbonyl (C=O) groups is 1. The predicted octanol–water partition coefficient (Wildman–Crippen LogP) is 4.67. The van der Waals surface area contributed by atoms with Gasteiger partial charge in [-0.25, -0.2) is 4.79 Å². The minimum atomic E-state index is -0.904. The number of carboxylic acid groups (broad SMARTS) is 1. The van der Waals surface area contributed by atoms with Crippen LogP contribution < -0.4 is 0 Å². The van der Waals surface area contributed by atoms with Crippen molar-refractivity contribution < 1.29 is 20.1 Å². The molecule has 4 nitrogen and oxygen atoms in total. The second-order valence-electron chi connectivity index (χ2n) is 9.22. The number of aliphatic hydroxyl groups is 2. The molecule has 1 aromatic rings. The highest BCUT2D eigenvalue weighted by molar-refractivity contribution is 5.88. The lowest BCUT2D eigenvalue weighted by Gasteiger charge is -2.25. The second kappa shape index (κ2) is 8.85. The number of hydrogen-bond donors (Lipinski definition) is 3. The molecule has 0 spiro atoms. The fourth-order valence-corrected chi connectivity index (χ4v) is 5.76. The van der Waals surface area contributed by atoms with Gasteiger partial charge in [-0.2, -0.15) is 0 Å². The van der Waals surface area contributed by atoms with Crippen molar-refractivity contribution in [2.45, 2.75) is 63.6 Å². The molecule has 0 amide bonds. The lowest BCUT2D eigenvalue weighted by Crippen LogP contribution is -2.22. The molecular weight excluding hydrogens is 364 g/mol. The molecule has 5 atom stereocenters. The van der Waals surface area contributed by atoms with Gasteiger partial charge in [0.05, 0.1) is 17.8 Å². The zero-order valence-corrected chi connectivity index (χ0v) is 16.9. The Kier molecular flexibility index (Phi) is 6.21. The highest BCUT2D eigenvalue weighted by Gasteiger charge is 2.45. The summed E-state index contributed by atoms with van der Waals surface area (Å²) in [6.45, 7) is 0. The third-order valence-corrected chi connectivity index (χ3v) is 7.28. The van der Waals surface area contributed by atoms with Gasteiger partial charge in [-0.3, -0.25) is 0 Å². The van der Waals surface area contributed by atoms with Gasteiger partial charge in [0.15, 0.2) is 0 Å². The van der Waals surface area contributed by atoms with E-state index in [2.05, 4.69) is 12.2 Å². The predicted molar refractivity (Wildman–Crippen MR) is 113 cm³/mol. The molecule has 0 heterocycles. The summed E-state index contributed by atoms with van der Waals surface area (Å²) in [7, 11) is 0. The molecule has 0 bridgehead atoms. The van der Waals surface area contributed by atoms with Crippen molar-refractivity contribution >= 4 is 12.0 Å². The lowest BCUT2D eigenvalue weighted by atomic mass is 9.84. The van der Waals surface area contributed by atoms with Crippen LogP contribution in [0.3, 0.4) is 0 Å². The second-order valence-corrected chi connectivity index (χ2v) is 9.22. The Labute approximate surface area is 173 Å². The average molecular weight is 397 g/mol. The van der Waals surface area contributed by atoms with E-state index >= 15 is 0 Å². The summed E-state index contributed by atoms with van der Waals surface area (Å²) in [5.74, 6) is 0.455. The molecule has 0 saturated heterocycles. The van der Waals surface area contributed by atoms with Crippen LogP contribution in [0.4, 0.5) is 0 Å². The van der Waals surface area contributed by atoms with Gasteiger partial charge in [0.1, 0.15) is 0 Å². The Balaban J connectivity index is 1.43. The molecule has 3 aliphatic rings. The van der Waals surface area contributed by atoms with Crippen LogP contribution in [0.25, 0.3) is 6.08 Å². The quantitative estimate of drug-likeness (QED) is 0.632. The summed E-state index contributed by atoms with van der Waals surface area (Å²) < 4.78 is 0. The number of hydrogen-bond acceptors (Lipinski definition) is 3. The first-order valence-electron chi connectivity index (χ1n) is 11.1. The number of allylic oxidation sites excluding steroid dienone is 1. The minimum absolute atomic E-state index is 0.106. The first-order valence-corrected chi connectivity index (χ1v) is 11.1. The molecule has 5 unspecified atom stereocenters. The van der Waals surface area contributed by atoms with Crippen LogP contribution in [-0.4, -0.2) is 33.5 Å². The lowest BCUT2D eigenvalue weighted by molar-refractivity contribution is 0.0696. The number of fused-ring (bicyclic) bond motifs is 1. The van der Waals surface area contributed by atoms with Gasteiger partial charge in [-0.15, -0.1) is 0 Å². The minimum Gasteiger partial charge on any atom is -0.478 e. The first kappa shape index (κ1) is 20.4. The van der Waals surface area contributed by atoms with E-state index < -0.39 is 12.1 Å². The van der Waals surface area contributed by atoms with Gasteiger partial charge < -0.3 is 15.3 Å². The van der Waals surface area contributed by atoms with E-state index in [1.54, 1.807) is 18.2 Å². The zero-order chi connectivity index (χ0) is 20.4. The number of carboxylic acids is 1. The molecular formula is C25H32O4. The standard InChI is InChI=1S/C25H32O4/c26-23(18-6-2-1-3-7-18)10-9-21-22-14-17(13-20(22)15-24(21)27)11-16-5-4-8-19(12-16)25(28)29/h4-5,8-12,18,20-24,26-27H,1-3,6-7,13-15H2,(H,28,29). The van der Waals surface area contributed by atoms with Gasteiger partial charge in [0.2, 0.25) is 0 Å². The largest absolute Gasteiger partial charge is 0.478 e. The molecule has 3 fully saturated rings. The monoisotopic (exact) mass is 396 g/mol. The molecule has 1 aromatic carbocycles. The Morgan fingerprint density at radius 1 is 1.14 bits per heavy atom. The van der Waals surface area contributed by atoms with Crippen LogP contribution in [0.5, 0.6) is 0 Å². The normalized spacial score (nSPS) is 32.7. The van der Waals surface area contributed by atoms with Crippen molar-refractivity contribution in [3.05, 3.63) is 53.1 Å². The number of benzene rings is 1. The average Bonchev–Trinajstić information content (AvgIpc) is 3.23. The van der Waals surface area contributed by atoms with Crippen molar-refractivity contribution in [3.8, 4) is 0 Å². The van der Waals surface area contributed by atoms with Gasteiger partial charge in [-0.1, -0.05) is 55.2 Å². The fourth-order valence-electron chi connectivity index (χ4n) is 5.76. The number of aliphatic hydroxyl groups excluding tert-OH is 2. The summed E-state index contributed by atoms with van der Waals surface area (Å²) in [5.41, 5.74) is 2.58. The van der Waals surface area contributed by atoms with Crippen molar-refractivity contribution in [2.75, 3.05) is 0 Å². The SMILES string of the molecule is O=C(O)c1cccc(C=C2CC3CC(O)C(C=CC(O)C4CCCCC4)C3C2)c1. The maximum absolute atomic E-state index is 11.2. The van der Waals surface area contributed by atoms with Crippen LogP contribution >= 0.6 is 0 Å². The Hall–Kier alpha value is -1.91. The molecule has 29 heavy (non-hydrogen) atoms. The molecule has 0 aromatic heterocycles. The molecule has 0 aliphatic heterocycles. The van der Waals surface area contributed by atoms with Gasteiger partial charge in [0, 0.05) is 5.92 Å². The van der Waals surface area contributed by atoms with E-state index in [4.69, 9.17) is 0 Å². The summed E-state index contributed by atoms with van der Waals surface area (Å²) in [5, 5.41) is 30.3. The van der Waals surface area contributed by atoms with Crippen LogP contribution in [0.2, 0.25) is 0 Å². The molecule has 4 heteroatoms. The maximum atomic E-state index is 11.2. The zero-order valence-electron chi connectivity index (χ0n) is 16.9.